The van der Waals surface area contributed by atoms with Crippen molar-refractivity contribution >= 4 is 33.6 Å². The van der Waals surface area contributed by atoms with E-state index in [4.69, 9.17) is 11.5 Å². The summed E-state index contributed by atoms with van der Waals surface area (Å²) >= 11 is 0. The van der Waals surface area contributed by atoms with E-state index in [1.165, 1.54) is 5.52 Å². The fourth-order valence-electron chi connectivity index (χ4n) is 2.92. The van der Waals surface area contributed by atoms with Gasteiger partial charge in [0, 0.05) is 23.1 Å². The maximum absolute atomic E-state index is 6.03. The van der Waals surface area contributed by atoms with Gasteiger partial charge in [-0.3, -0.25) is 0 Å². The molecule has 112 valence electrons. The van der Waals surface area contributed by atoms with Crippen LogP contribution in [0.4, 0.5) is 11.8 Å². The van der Waals surface area contributed by atoms with Crippen molar-refractivity contribution in [2.24, 2.45) is 0 Å². The first kappa shape index (κ1) is 15.1. The molecule has 6 N–H and O–H groups in total. The zero-order valence-corrected chi connectivity index (χ0v) is 12.3. The van der Waals surface area contributed by atoms with Gasteiger partial charge in [-0.2, -0.15) is 4.98 Å². The average Bonchev–Trinajstić information content (AvgIpc) is 2.83. The lowest BCUT2D eigenvalue weighted by molar-refractivity contribution is 0.486. The van der Waals surface area contributed by atoms with Crippen LogP contribution in [0.15, 0.2) is 24.4 Å². The van der Waals surface area contributed by atoms with Gasteiger partial charge in [0.2, 0.25) is 5.95 Å². The van der Waals surface area contributed by atoms with E-state index in [1.807, 2.05) is 6.07 Å². The molecule has 1 aromatic carbocycles. The van der Waals surface area contributed by atoms with E-state index in [2.05, 4.69) is 46.7 Å². The van der Waals surface area contributed by atoms with Crippen molar-refractivity contribution in [3.63, 3.8) is 0 Å². The summed E-state index contributed by atoms with van der Waals surface area (Å²) in [5, 5.41) is 1.98. The lowest BCUT2D eigenvalue weighted by Gasteiger charge is -2.16. The number of hydrogen-bond donors (Lipinski definition) is 2. The molecule has 0 spiro atoms. The Morgan fingerprint density at radius 2 is 1.81 bits per heavy atom. The van der Waals surface area contributed by atoms with E-state index >= 15 is 0 Å². The van der Waals surface area contributed by atoms with Crippen LogP contribution in [0.1, 0.15) is 32.7 Å². The van der Waals surface area contributed by atoms with Gasteiger partial charge in [0.15, 0.2) is 0 Å². The largest absolute Gasteiger partial charge is 0.412 e. The Morgan fingerprint density at radius 1 is 1.10 bits per heavy atom. The van der Waals surface area contributed by atoms with Crippen molar-refractivity contribution in [3.05, 3.63) is 24.4 Å². The summed E-state index contributed by atoms with van der Waals surface area (Å²) in [7, 11) is 0. The molecule has 0 aliphatic rings. The second-order valence-corrected chi connectivity index (χ2v) is 5.05. The SMILES string of the molecule is CCC(CC)n1ccc2c3c(N)nc(N)nc3ccc21.O. The molecule has 0 radical (unpaired) electrons. The monoisotopic (exact) mass is 287 g/mol. The maximum atomic E-state index is 6.03. The van der Waals surface area contributed by atoms with Crippen molar-refractivity contribution in [2.75, 3.05) is 11.5 Å². The van der Waals surface area contributed by atoms with E-state index in [1.54, 1.807) is 0 Å². The molecule has 0 amide bonds. The molecular formula is C15H21N5O. The van der Waals surface area contributed by atoms with Crippen LogP contribution in [0.25, 0.3) is 21.8 Å². The third-order valence-electron chi connectivity index (χ3n) is 3.94. The fourth-order valence-corrected chi connectivity index (χ4v) is 2.92. The molecule has 3 rings (SSSR count). The number of aromatic nitrogens is 3. The fraction of sp³-hybridized carbons (Fsp3) is 0.333. The maximum Gasteiger partial charge on any atom is 0.222 e. The summed E-state index contributed by atoms with van der Waals surface area (Å²) in [5.74, 6) is 0.661. The third-order valence-corrected chi connectivity index (χ3v) is 3.94. The van der Waals surface area contributed by atoms with Crippen molar-refractivity contribution in [1.29, 1.82) is 0 Å². The number of fused-ring (bicyclic) bond motifs is 3. The minimum absolute atomic E-state index is 0. The van der Waals surface area contributed by atoms with Gasteiger partial charge >= 0.3 is 0 Å². The molecule has 2 heterocycles. The Balaban J connectivity index is 0.00000161. The molecule has 0 aliphatic carbocycles. The summed E-state index contributed by atoms with van der Waals surface area (Å²) in [6, 6.07) is 6.64. The van der Waals surface area contributed by atoms with Gasteiger partial charge in [0.1, 0.15) is 5.82 Å². The number of anilines is 2. The molecule has 0 aliphatic heterocycles. The Labute approximate surface area is 123 Å². The minimum atomic E-state index is 0. The Hall–Kier alpha value is -2.34. The molecule has 0 bridgehead atoms. The van der Waals surface area contributed by atoms with Crippen LogP contribution in [0.3, 0.4) is 0 Å². The lowest BCUT2D eigenvalue weighted by Crippen LogP contribution is -2.05. The number of hydrogen-bond acceptors (Lipinski definition) is 4. The Morgan fingerprint density at radius 3 is 2.48 bits per heavy atom. The van der Waals surface area contributed by atoms with Gasteiger partial charge in [0.25, 0.3) is 0 Å². The van der Waals surface area contributed by atoms with E-state index in [0.717, 1.165) is 29.1 Å². The van der Waals surface area contributed by atoms with Gasteiger partial charge < -0.3 is 21.5 Å². The zero-order chi connectivity index (χ0) is 14.3. The molecule has 0 atom stereocenters. The van der Waals surface area contributed by atoms with Crippen LogP contribution < -0.4 is 11.5 Å². The Bertz CT molecular complexity index is 776. The van der Waals surface area contributed by atoms with Gasteiger partial charge in [-0.05, 0) is 31.0 Å². The van der Waals surface area contributed by atoms with E-state index in [0.29, 0.717) is 11.9 Å². The average molecular weight is 287 g/mol. The number of nitrogen functional groups attached to an aromatic ring is 2. The second-order valence-electron chi connectivity index (χ2n) is 5.05. The highest BCUT2D eigenvalue weighted by atomic mass is 16.0. The number of nitrogens with zero attached hydrogens (tertiary/aromatic N) is 3. The van der Waals surface area contributed by atoms with Crippen molar-refractivity contribution in [2.45, 2.75) is 32.7 Å². The normalized spacial score (nSPS) is 11.2. The first-order valence-electron chi connectivity index (χ1n) is 6.98. The van der Waals surface area contributed by atoms with Crippen LogP contribution in [-0.4, -0.2) is 20.0 Å². The van der Waals surface area contributed by atoms with E-state index in [9.17, 15) is 0 Å². The van der Waals surface area contributed by atoms with E-state index < -0.39 is 0 Å². The smallest absolute Gasteiger partial charge is 0.222 e. The summed E-state index contributed by atoms with van der Waals surface area (Å²) in [6.45, 7) is 4.42. The number of benzene rings is 1. The number of rotatable bonds is 3. The highest BCUT2D eigenvalue weighted by Crippen LogP contribution is 2.31. The molecule has 21 heavy (non-hydrogen) atoms. The van der Waals surface area contributed by atoms with Gasteiger partial charge in [-0.15, -0.1) is 0 Å². The minimum Gasteiger partial charge on any atom is -0.412 e. The molecule has 3 aromatic rings. The lowest BCUT2D eigenvalue weighted by atomic mass is 10.1. The van der Waals surface area contributed by atoms with Gasteiger partial charge in [-0.1, -0.05) is 13.8 Å². The topological polar surface area (TPSA) is 114 Å². The third kappa shape index (κ3) is 2.27. The van der Waals surface area contributed by atoms with Crippen LogP contribution in [0.2, 0.25) is 0 Å². The van der Waals surface area contributed by atoms with Crippen molar-refractivity contribution < 1.29 is 5.48 Å². The summed E-state index contributed by atoms with van der Waals surface area (Å²) < 4.78 is 2.31. The highest BCUT2D eigenvalue weighted by molar-refractivity contribution is 6.10. The van der Waals surface area contributed by atoms with Crippen molar-refractivity contribution in [1.82, 2.24) is 14.5 Å². The van der Waals surface area contributed by atoms with Crippen LogP contribution in [0, 0.1) is 0 Å². The summed E-state index contributed by atoms with van der Waals surface area (Å²) in [4.78, 5) is 8.34. The molecule has 0 fully saturated rings. The predicted molar refractivity (Wildman–Crippen MR) is 87.1 cm³/mol. The molecule has 0 saturated heterocycles. The van der Waals surface area contributed by atoms with Crippen LogP contribution >= 0.6 is 0 Å². The molecule has 0 saturated carbocycles. The zero-order valence-electron chi connectivity index (χ0n) is 12.3. The standard InChI is InChI=1S/C15H19N5.H2O/c1-3-9(4-2)20-8-7-10-12(20)6-5-11-13(10)14(16)19-15(17)18-11;/h5-9H,3-4H2,1-2H3,(H4,16,17,18,19);1H2. The quantitative estimate of drug-likeness (QED) is 0.769. The van der Waals surface area contributed by atoms with Crippen LogP contribution in [0.5, 0.6) is 0 Å². The predicted octanol–water partition coefficient (Wildman–Crippen LogP) is 2.29. The first-order valence-corrected chi connectivity index (χ1v) is 6.98. The first-order chi connectivity index (χ1) is 9.65. The molecule has 6 nitrogen and oxygen atoms in total. The molecule has 2 aromatic heterocycles. The van der Waals surface area contributed by atoms with E-state index in [-0.39, 0.29) is 11.4 Å². The molecule has 6 heteroatoms. The second kappa shape index (κ2) is 5.57. The molecular weight excluding hydrogens is 266 g/mol. The summed E-state index contributed by atoms with van der Waals surface area (Å²) in [6.07, 6.45) is 4.33. The molecule has 0 unspecified atom stereocenters. The highest BCUT2D eigenvalue weighted by Gasteiger charge is 2.13. The summed E-state index contributed by atoms with van der Waals surface area (Å²) in [5.41, 5.74) is 13.7. The van der Waals surface area contributed by atoms with Crippen LogP contribution in [-0.2, 0) is 0 Å². The Kier molecular flexibility index (Phi) is 3.99. The van der Waals surface area contributed by atoms with Gasteiger partial charge in [-0.25, -0.2) is 4.98 Å². The number of nitrogens with two attached hydrogens (primary N) is 2. The van der Waals surface area contributed by atoms with Crippen molar-refractivity contribution in [3.8, 4) is 0 Å². The van der Waals surface area contributed by atoms with Gasteiger partial charge in [0.05, 0.1) is 10.9 Å².